The maximum absolute atomic E-state index is 4.52. The van der Waals surface area contributed by atoms with Gasteiger partial charge in [-0.1, -0.05) is 12.1 Å². The van der Waals surface area contributed by atoms with Crippen LogP contribution in [0.3, 0.4) is 0 Å². The van der Waals surface area contributed by atoms with Crippen LogP contribution >= 0.6 is 0 Å². The highest BCUT2D eigenvalue weighted by atomic mass is 15.4. The summed E-state index contributed by atoms with van der Waals surface area (Å²) in [6, 6.07) is 11.2. The Labute approximate surface area is 148 Å². The molecule has 130 valence electrons. The number of aryl methyl sites for hydroxylation is 2. The number of nitrogens with zero attached hydrogens (tertiary/aromatic N) is 6. The standard InChI is InChI=1S/C19H24N6/c1-15-21-16(2)25(22-15)14-19-5-3-11-23(19)13-17-6-8-18(9-7-17)24-12-4-10-20-24/h4,6-10,12,19H,3,5,11,13-14H2,1-2H3/t19-/m0/s1. The summed E-state index contributed by atoms with van der Waals surface area (Å²) in [5, 5.41) is 8.80. The van der Waals surface area contributed by atoms with Crippen LogP contribution in [0, 0.1) is 13.8 Å². The molecule has 3 aromatic rings. The van der Waals surface area contributed by atoms with Gasteiger partial charge in [0, 0.05) is 25.0 Å². The van der Waals surface area contributed by atoms with Crippen LogP contribution in [-0.2, 0) is 13.1 Å². The third-order valence-corrected chi connectivity index (χ3v) is 4.94. The lowest BCUT2D eigenvalue weighted by Crippen LogP contribution is -2.33. The molecule has 0 N–H and O–H groups in total. The zero-order valence-corrected chi connectivity index (χ0v) is 14.8. The monoisotopic (exact) mass is 336 g/mol. The van der Waals surface area contributed by atoms with Crippen LogP contribution in [0.2, 0.25) is 0 Å². The van der Waals surface area contributed by atoms with Gasteiger partial charge >= 0.3 is 0 Å². The van der Waals surface area contributed by atoms with Gasteiger partial charge in [0.1, 0.15) is 11.6 Å². The van der Waals surface area contributed by atoms with E-state index in [-0.39, 0.29) is 0 Å². The Morgan fingerprint density at radius 1 is 1.16 bits per heavy atom. The predicted octanol–water partition coefficient (Wildman–Crippen LogP) is 2.75. The lowest BCUT2D eigenvalue weighted by Gasteiger charge is -2.24. The molecule has 6 nitrogen and oxygen atoms in total. The summed E-state index contributed by atoms with van der Waals surface area (Å²) < 4.78 is 3.94. The van der Waals surface area contributed by atoms with Crippen molar-refractivity contribution in [2.75, 3.05) is 6.54 Å². The molecule has 2 aromatic heterocycles. The molecule has 1 atom stereocenters. The van der Waals surface area contributed by atoms with Gasteiger partial charge in [0.25, 0.3) is 0 Å². The molecule has 0 bridgehead atoms. The van der Waals surface area contributed by atoms with Crippen LogP contribution in [0.5, 0.6) is 0 Å². The van der Waals surface area contributed by atoms with Gasteiger partial charge in [-0.25, -0.2) is 14.3 Å². The Morgan fingerprint density at radius 3 is 2.68 bits per heavy atom. The van der Waals surface area contributed by atoms with E-state index < -0.39 is 0 Å². The minimum absolute atomic E-state index is 0.533. The minimum Gasteiger partial charge on any atom is -0.294 e. The van der Waals surface area contributed by atoms with Crippen molar-refractivity contribution in [2.45, 2.75) is 45.8 Å². The molecule has 1 aliphatic rings. The first-order valence-electron chi connectivity index (χ1n) is 8.90. The molecule has 0 radical (unpaired) electrons. The molecule has 6 heteroatoms. The molecule has 1 saturated heterocycles. The molecule has 25 heavy (non-hydrogen) atoms. The maximum atomic E-state index is 4.52. The molecule has 0 unspecified atom stereocenters. The lowest BCUT2D eigenvalue weighted by atomic mass is 10.1. The molecule has 0 spiro atoms. The van der Waals surface area contributed by atoms with Gasteiger partial charge < -0.3 is 0 Å². The summed E-state index contributed by atoms with van der Waals surface area (Å²) >= 11 is 0. The Kier molecular flexibility index (Phi) is 4.36. The summed E-state index contributed by atoms with van der Waals surface area (Å²) in [7, 11) is 0. The third-order valence-electron chi connectivity index (χ3n) is 4.94. The number of rotatable bonds is 5. The van der Waals surface area contributed by atoms with Gasteiger partial charge in [-0.2, -0.15) is 10.2 Å². The first-order chi connectivity index (χ1) is 12.2. The minimum atomic E-state index is 0.533. The SMILES string of the molecule is Cc1nc(C)n(C[C@@H]2CCCN2Cc2ccc(-n3cccn3)cc2)n1. The van der Waals surface area contributed by atoms with Crippen LogP contribution in [0.4, 0.5) is 0 Å². The Balaban J connectivity index is 1.43. The fourth-order valence-corrected chi connectivity index (χ4v) is 3.65. The smallest absolute Gasteiger partial charge is 0.147 e. The number of likely N-dealkylation sites (tertiary alicyclic amines) is 1. The van der Waals surface area contributed by atoms with Crippen LogP contribution in [0.25, 0.3) is 5.69 Å². The van der Waals surface area contributed by atoms with E-state index in [0.717, 1.165) is 37.0 Å². The summed E-state index contributed by atoms with van der Waals surface area (Å²) in [5.74, 6) is 1.86. The summed E-state index contributed by atoms with van der Waals surface area (Å²) in [5.41, 5.74) is 2.44. The fourth-order valence-electron chi connectivity index (χ4n) is 3.65. The van der Waals surface area contributed by atoms with Crippen molar-refractivity contribution in [2.24, 2.45) is 0 Å². The average Bonchev–Trinajstić information content (AvgIpc) is 3.32. The first-order valence-corrected chi connectivity index (χ1v) is 8.90. The van der Waals surface area contributed by atoms with Crippen molar-refractivity contribution in [3.05, 3.63) is 59.9 Å². The second kappa shape index (κ2) is 6.80. The van der Waals surface area contributed by atoms with Gasteiger partial charge in [-0.05, 0) is 57.0 Å². The van der Waals surface area contributed by atoms with Crippen molar-refractivity contribution in [1.29, 1.82) is 0 Å². The normalized spacial score (nSPS) is 18.1. The lowest BCUT2D eigenvalue weighted by molar-refractivity contribution is 0.218. The highest BCUT2D eigenvalue weighted by Crippen LogP contribution is 2.22. The van der Waals surface area contributed by atoms with Gasteiger partial charge in [-0.3, -0.25) is 4.90 Å². The van der Waals surface area contributed by atoms with Crippen LogP contribution in [0.1, 0.15) is 30.1 Å². The molecule has 1 aromatic carbocycles. The van der Waals surface area contributed by atoms with E-state index in [1.165, 1.54) is 18.4 Å². The van der Waals surface area contributed by atoms with E-state index in [1.54, 1.807) is 6.20 Å². The molecule has 3 heterocycles. The predicted molar refractivity (Wildman–Crippen MR) is 96.5 cm³/mol. The van der Waals surface area contributed by atoms with Crippen LogP contribution in [-0.4, -0.2) is 42.0 Å². The zero-order chi connectivity index (χ0) is 17.2. The molecule has 1 aliphatic heterocycles. The van der Waals surface area contributed by atoms with Crippen LogP contribution < -0.4 is 0 Å². The van der Waals surface area contributed by atoms with E-state index in [1.807, 2.05) is 30.8 Å². The van der Waals surface area contributed by atoms with Crippen molar-refractivity contribution < 1.29 is 0 Å². The van der Waals surface area contributed by atoms with Gasteiger partial charge in [0.15, 0.2) is 0 Å². The average molecular weight is 336 g/mol. The number of aromatic nitrogens is 5. The Bertz CT molecular complexity index is 818. The van der Waals surface area contributed by atoms with E-state index in [2.05, 4.69) is 49.0 Å². The molecule has 0 aliphatic carbocycles. The van der Waals surface area contributed by atoms with Crippen LogP contribution in [0.15, 0.2) is 42.7 Å². The van der Waals surface area contributed by atoms with Crippen molar-refractivity contribution in [1.82, 2.24) is 29.4 Å². The third kappa shape index (κ3) is 3.49. The topological polar surface area (TPSA) is 51.8 Å². The quantitative estimate of drug-likeness (QED) is 0.719. The number of hydrogen-bond donors (Lipinski definition) is 0. The molecule has 0 amide bonds. The molecule has 0 saturated carbocycles. The molecular formula is C19H24N6. The molecule has 1 fully saturated rings. The van der Waals surface area contributed by atoms with Crippen molar-refractivity contribution in [3.8, 4) is 5.69 Å². The Morgan fingerprint density at radius 2 is 2.00 bits per heavy atom. The van der Waals surface area contributed by atoms with Crippen molar-refractivity contribution >= 4 is 0 Å². The highest BCUT2D eigenvalue weighted by molar-refractivity contribution is 5.33. The molecule has 4 rings (SSSR count). The zero-order valence-electron chi connectivity index (χ0n) is 14.8. The maximum Gasteiger partial charge on any atom is 0.147 e. The summed E-state index contributed by atoms with van der Waals surface area (Å²) in [4.78, 5) is 6.99. The molecular weight excluding hydrogens is 312 g/mol. The second-order valence-corrected chi connectivity index (χ2v) is 6.77. The second-order valence-electron chi connectivity index (χ2n) is 6.77. The van der Waals surface area contributed by atoms with Gasteiger partial charge in [0.2, 0.25) is 0 Å². The summed E-state index contributed by atoms with van der Waals surface area (Å²) in [6.45, 7) is 7.05. The Hall–Kier alpha value is -2.47. The highest BCUT2D eigenvalue weighted by Gasteiger charge is 2.25. The summed E-state index contributed by atoms with van der Waals surface area (Å²) in [6.07, 6.45) is 6.25. The van der Waals surface area contributed by atoms with Crippen molar-refractivity contribution in [3.63, 3.8) is 0 Å². The van der Waals surface area contributed by atoms with Gasteiger partial charge in [0.05, 0.1) is 12.2 Å². The number of benzene rings is 1. The fraction of sp³-hybridized carbons (Fsp3) is 0.421. The van der Waals surface area contributed by atoms with E-state index in [4.69, 9.17) is 0 Å². The van der Waals surface area contributed by atoms with E-state index in [0.29, 0.717) is 6.04 Å². The van der Waals surface area contributed by atoms with E-state index in [9.17, 15) is 0 Å². The van der Waals surface area contributed by atoms with E-state index >= 15 is 0 Å². The first kappa shape index (κ1) is 16.0. The number of hydrogen-bond acceptors (Lipinski definition) is 4. The largest absolute Gasteiger partial charge is 0.294 e. The van der Waals surface area contributed by atoms with Gasteiger partial charge in [-0.15, -0.1) is 0 Å².